The Labute approximate surface area is 129 Å². The Hall–Kier alpha value is -1.66. The molecule has 2 aromatic rings. The zero-order chi connectivity index (χ0) is 15.1. The molecule has 5 nitrogen and oxygen atoms in total. The van der Waals surface area contributed by atoms with Gasteiger partial charge < -0.3 is 19.8 Å². The first-order valence-electron chi connectivity index (χ1n) is 6.86. The Morgan fingerprint density at radius 2 is 2.19 bits per heavy atom. The molecule has 2 rings (SSSR count). The summed E-state index contributed by atoms with van der Waals surface area (Å²) < 4.78 is 10.7. The molecule has 0 aliphatic rings. The van der Waals surface area contributed by atoms with Gasteiger partial charge in [0.25, 0.3) is 0 Å². The third-order valence-corrected chi connectivity index (χ3v) is 4.12. The van der Waals surface area contributed by atoms with Crippen molar-refractivity contribution in [3.8, 4) is 11.5 Å². The number of benzene rings is 1. The molecule has 21 heavy (non-hydrogen) atoms. The number of hydrogen-bond donors (Lipinski definition) is 2. The van der Waals surface area contributed by atoms with Gasteiger partial charge in [-0.15, -0.1) is 0 Å². The Kier molecular flexibility index (Phi) is 5.95. The summed E-state index contributed by atoms with van der Waals surface area (Å²) in [6, 6.07) is 6.11. The van der Waals surface area contributed by atoms with Gasteiger partial charge in [0.2, 0.25) is 0 Å². The van der Waals surface area contributed by atoms with Crippen LogP contribution in [0.2, 0.25) is 0 Å². The van der Waals surface area contributed by atoms with Crippen molar-refractivity contribution < 1.29 is 9.47 Å². The topological polar surface area (TPSA) is 59.2 Å². The number of thioether (sulfide) groups is 1. The summed E-state index contributed by atoms with van der Waals surface area (Å²) >= 11 is 1.68. The summed E-state index contributed by atoms with van der Waals surface area (Å²) in [6.45, 7) is 2.99. The molecule has 0 fully saturated rings. The van der Waals surface area contributed by atoms with E-state index in [0.717, 1.165) is 34.5 Å². The third-order valence-electron chi connectivity index (χ3n) is 3.13. The number of nitrogens with one attached hydrogen (secondary N) is 2. The molecule has 0 aliphatic carbocycles. The van der Waals surface area contributed by atoms with Gasteiger partial charge >= 0.3 is 0 Å². The van der Waals surface area contributed by atoms with E-state index in [1.807, 2.05) is 24.4 Å². The van der Waals surface area contributed by atoms with Gasteiger partial charge in [-0.05, 0) is 12.6 Å². The maximum absolute atomic E-state index is 5.50. The minimum atomic E-state index is 0.186. The van der Waals surface area contributed by atoms with Gasteiger partial charge in [0.1, 0.15) is 11.5 Å². The highest BCUT2D eigenvalue weighted by Gasteiger charge is 2.17. The predicted octanol–water partition coefficient (Wildman–Crippen LogP) is 2.87. The number of hydrogen-bond acceptors (Lipinski definition) is 5. The van der Waals surface area contributed by atoms with Crippen LogP contribution in [0.4, 0.5) is 0 Å². The third kappa shape index (κ3) is 4.15. The van der Waals surface area contributed by atoms with E-state index in [-0.39, 0.29) is 6.04 Å². The fourth-order valence-electron chi connectivity index (χ4n) is 2.10. The summed E-state index contributed by atoms with van der Waals surface area (Å²) in [5.74, 6) is 2.49. The number of aromatic nitrogens is 2. The highest BCUT2D eigenvalue weighted by Crippen LogP contribution is 2.32. The van der Waals surface area contributed by atoms with Crippen LogP contribution in [-0.2, 0) is 0 Å². The lowest BCUT2D eigenvalue weighted by Crippen LogP contribution is -2.23. The maximum atomic E-state index is 5.50. The average molecular weight is 307 g/mol. The van der Waals surface area contributed by atoms with Gasteiger partial charge in [0.15, 0.2) is 5.16 Å². The molecule has 114 valence electrons. The fraction of sp³-hybridized carbons (Fsp3) is 0.400. The monoisotopic (exact) mass is 307 g/mol. The number of H-pyrrole nitrogens is 1. The van der Waals surface area contributed by atoms with Gasteiger partial charge in [0, 0.05) is 35.8 Å². The maximum Gasteiger partial charge on any atom is 0.165 e. The quantitative estimate of drug-likeness (QED) is 0.734. The van der Waals surface area contributed by atoms with E-state index < -0.39 is 0 Å². The standard InChI is InChI=1S/C15H21N3O2S/c1-4-16-13(10-21-15-17-7-8-18-15)12-6-5-11(19-2)9-14(12)20-3/h5-9,13,16H,4,10H2,1-3H3,(H,17,18). The Morgan fingerprint density at radius 3 is 2.81 bits per heavy atom. The van der Waals surface area contributed by atoms with Gasteiger partial charge in [-0.2, -0.15) is 0 Å². The number of rotatable bonds is 8. The zero-order valence-corrected chi connectivity index (χ0v) is 13.4. The number of imidazole rings is 1. The average Bonchev–Trinajstić information content (AvgIpc) is 3.04. The van der Waals surface area contributed by atoms with Crippen molar-refractivity contribution in [3.63, 3.8) is 0 Å². The van der Waals surface area contributed by atoms with Crippen molar-refractivity contribution in [1.29, 1.82) is 0 Å². The molecule has 0 aliphatic heterocycles. The molecule has 0 amide bonds. The van der Waals surface area contributed by atoms with Crippen LogP contribution < -0.4 is 14.8 Å². The van der Waals surface area contributed by atoms with Crippen LogP contribution in [-0.4, -0.2) is 36.5 Å². The molecule has 1 aromatic carbocycles. The second kappa shape index (κ2) is 7.95. The lowest BCUT2D eigenvalue weighted by molar-refractivity contribution is 0.386. The predicted molar refractivity (Wildman–Crippen MR) is 85.3 cm³/mol. The van der Waals surface area contributed by atoms with E-state index >= 15 is 0 Å². The molecular weight excluding hydrogens is 286 g/mol. The van der Waals surface area contributed by atoms with Crippen molar-refractivity contribution in [2.45, 2.75) is 18.1 Å². The SMILES string of the molecule is CCNC(CSc1ncc[nH]1)c1ccc(OC)cc1OC. The largest absolute Gasteiger partial charge is 0.497 e. The van der Waals surface area contributed by atoms with Gasteiger partial charge in [-0.1, -0.05) is 24.8 Å². The van der Waals surface area contributed by atoms with E-state index in [1.165, 1.54) is 0 Å². The molecule has 1 heterocycles. The lowest BCUT2D eigenvalue weighted by atomic mass is 10.1. The van der Waals surface area contributed by atoms with E-state index in [1.54, 1.807) is 32.2 Å². The van der Waals surface area contributed by atoms with Crippen LogP contribution in [0.5, 0.6) is 11.5 Å². The molecule has 6 heteroatoms. The summed E-state index contributed by atoms with van der Waals surface area (Å²) in [6.07, 6.45) is 3.59. The van der Waals surface area contributed by atoms with Gasteiger partial charge in [0.05, 0.1) is 14.2 Å². The zero-order valence-electron chi connectivity index (χ0n) is 12.6. The van der Waals surface area contributed by atoms with Crippen LogP contribution in [0.3, 0.4) is 0 Å². The Morgan fingerprint density at radius 1 is 1.33 bits per heavy atom. The first kappa shape index (κ1) is 15.7. The molecule has 1 unspecified atom stereocenters. The van der Waals surface area contributed by atoms with E-state index in [0.29, 0.717) is 0 Å². The molecule has 0 bridgehead atoms. The summed E-state index contributed by atoms with van der Waals surface area (Å²) in [5.41, 5.74) is 1.12. The van der Waals surface area contributed by atoms with Gasteiger partial charge in [-0.25, -0.2) is 4.98 Å². The van der Waals surface area contributed by atoms with Crippen molar-refractivity contribution in [2.75, 3.05) is 26.5 Å². The number of methoxy groups -OCH3 is 2. The van der Waals surface area contributed by atoms with Crippen molar-refractivity contribution in [3.05, 3.63) is 36.2 Å². The summed E-state index contributed by atoms with van der Waals surface area (Å²) in [7, 11) is 3.34. The Balaban J connectivity index is 2.16. The first-order chi connectivity index (χ1) is 10.3. The molecule has 1 aromatic heterocycles. The Bertz CT molecular complexity index is 546. The normalized spacial score (nSPS) is 12.1. The summed E-state index contributed by atoms with van der Waals surface area (Å²) in [5, 5.41) is 4.41. The van der Waals surface area contributed by atoms with Crippen molar-refractivity contribution >= 4 is 11.8 Å². The molecule has 0 saturated carbocycles. The second-order valence-electron chi connectivity index (χ2n) is 4.42. The summed E-state index contributed by atoms with van der Waals surface area (Å²) in [4.78, 5) is 7.35. The second-order valence-corrected chi connectivity index (χ2v) is 5.43. The lowest BCUT2D eigenvalue weighted by Gasteiger charge is -2.20. The molecule has 0 saturated heterocycles. The highest BCUT2D eigenvalue weighted by atomic mass is 32.2. The minimum absolute atomic E-state index is 0.186. The highest BCUT2D eigenvalue weighted by molar-refractivity contribution is 7.99. The minimum Gasteiger partial charge on any atom is -0.497 e. The molecule has 1 atom stereocenters. The molecule has 0 spiro atoms. The molecule has 0 radical (unpaired) electrons. The van der Waals surface area contributed by atoms with Crippen molar-refractivity contribution in [2.24, 2.45) is 0 Å². The van der Waals surface area contributed by atoms with Crippen LogP contribution in [0.25, 0.3) is 0 Å². The number of aromatic amines is 1. The van der Waals surface area contributed by atoms with Gasteiger partial charge in [-0.3, -0.25) is 0 Å². The van der Waals surface area contributed by atoms with Crippen molar-refractivity contribution in [1.82, 2.24) is 15.3 Å². The van der Waals surface area contributed by atoms with Crippen LogP contribution in [0.1, 0.15) is 18.5 Å². The molecule has 2 N–H and O–H groups in total. The first-order valence-corrected chi connectivity index (χ1v) is 7.84. The molecular formula is C15H21N3O2S. The van der Waals surface area contributed by atoms with Crippen LogP contribution in [0, 0.1) is 0 Å². The smallest absolute Gasteiger partial charge is 0.165 e. The fourth-order valence-corrected chi connectivity index (χ4v) is 3.01. The van der Waals surface area contributed by atoms with E-state index in [2.05, 4.69) is 22.2 Å². The number of ether oxygens (including phenoxy) is 2. The van der Waals surface area contributed by atoms with Crippen LogP contribution >= 0.6 is 11.8 Å². The number of nitrogens with zero attached hydrogens (tertiary/aromatic N) is 1. The van der Waals surface area contributed by atoms with E-state index in [9.17, 15) is 0 Å². The van der Waals surface area contributed by atoms with Crippen LogP contribution in [0.15, 0.2) is 35.7 Å². The van der Waals surface area contributed by atoms with E-state index in [4.69, 9.17) is 9.47 Å².